The lowest BCUT2D eigenvalue weighted by atomic mass is 9.91. The van der Waals surface area contributed by atoms with Crippen molar-refractivity contribution in [3.63, 3.8) is 0 Å². The summed E-state index contributed by atoms with van der Waals surface area (Å²) in [5, 5.41) is 0. The molecule has 0 N–H and O–H groups in total. The molecule has 40 heavy (non-hydrogen) atoms. The van der Waals surface area contributed by atoms with E-state index in [-0.39, 0.29) is 5.92 Å². The van der Waals surface area contributed by atoms with E-state index in [9.17, 15) is 0 Å². The van der Waals surface area contributed by atoms with Gasteiger partial charge in [0.1, 0.15) is 0 Å². The number of hydrogen-bond acceptors (Lipinski definition) is 2. The molecule has 0 saturated heterocycles. The van der Waals surface area contributed by atoms with Gasteiger partial charge in [-0.2, -0.15) is 0 Å². The first-order chi connectivity index (χ1) is 19.8. The zero-order valence-corrected chi connectivity index (χ0v) is 22.5. The highest BCUT2D eigenvalue weighted by molar-refractivity contribution is 5.87. The molecule has 5 aromatic rings. The topological polar surface area (TPSA) is 6.48 Å². The van der Waals surface area contributed by atoms with Crippen LogP contribution in [0.2, 0.25) is 0 Å². The summed E-state index contributed by atoms with van der Waals surface area (Å²) in [5.41, 5.74) is 12.3. The Morgan fingerprint density at radius 3 is 1.95 bits per heavy atom. The van der Waals surface area contributed by atoms with Gasteiger partial charge in [0.25, 0.3) is 0 Å². The monoisotopic (exact) mass is 514 g/mol. The van der Waals surface area contributed by atoms with E-state index in [2.05, 4.69) is 175 Å². The van der Waals surface area contributed by atoms with Gasteiger partial charge in [-0.1, -0.05) is 103 Å². The van der Waals surface area contributed by atoms with Gasteiger partial charge < -0.3 is 9.80 Å². The molecule has 5 aromatic carbocycles. The molecule has 1 aliphatic heterocycles. The zero-order valence-electron chi connectivity index (χ0n) is 22.5. The Hall–Kier alpha value is -5.08. The number of nitrogens with zero attached hydrogens (tertiary/aromatic N) is 2. The molecule has 0 saturated carbocycles. The first-order valence-corrected chi connectivity index (χ1v) is 13.8. The maximum Gasteiger partial charge on any atom is 0.0501 e. The maximum absolute atomic E-state index is 2.42. The Morgan fingerprint density at radius 2 is 1.23 bits per heavy atom. The summed E-state index contributed by atoms with van der Waals surface area (Å²) >= 11 is 0. The summed E-state index contributed by atoms with van der Waals surface area (Å²) in [6.07, 6.45) is 9.17. The lowest BCUT2D eigenvalue weighted by molar-refractivity contribution is 1.02. The second kappa shape index (κ2) is 10.2. The van der Waals surface area contributed by atoms with Gasteiger partial charge in [0.05, 0.1) is 5.69 Å². The highest BCUT2D eigenvalue weighted by atomic mass is 15.2. The highest BCUT2D eigenvalue weighted by Gasteiger charge is 2.34. The molecule has 1 aliphatic carbocycles. The summed E-state index contributed by atoms with van der Waals surface area (Å²) in [7, 11) is 2.13. The third-order valence-electron chi connectivity index (χ3n) is 7.93. The van der Waals surface area contributed by atoms with Crippen molar-refractivity contribution in [1.82, 2.24) is 0 Å². The first kappa shape index (κ1) is 24.0. The minimum absolute atomic E-state index is 0.150. The number of hydrogen-bond donors (Lipinski definition) is 0. The molecule has 192 valence electrons. The van der Waals surface area contributed by atoms with Crippen LogP contribution in [0.15, 0.2) is 169 Å². The normalized spacial score (nSPS) is 15.5. The molecule has 2 nitrogen and oxygen atoms in total. The molecule has 0 spiro atoms. The van der Waals surface area contributed by atoms with Crippen molar-refractivity contribution in [1.29, 1.82) is 0 Å². The number of rotatable bonds is 5. The van der Waals surface area contributed by atoms with Crippen molar-refractivity contribution in [3.05, 3.63) is 175 Å². The van der Waals surface area contributed by atoms with E-state index < -0.39 is 0 Å². The zero-order chi connectivity index (χ0) is 26.9. The van der Waals surface area contributed by atoms with Gasteiger partial charge in [-0.15, -0.1) is 0 Å². The number of allylic oxidation sites excluding steroid dienone is 4. The number of fused-ring (bicyclic) bond motifs is 3. The van der Waals surface area contributed by atoms with E-state index >= 15 is 0 Å². The fourth-order valence-electron chi connectivity index (χ4n) is 5.91. The van der Waals surface area contributed by atoms with Crippen molar-refractivity contribution in [2.24, 2.45) is 0 Å². The Bertz CT molecular complexity index is 1750. The Labute approximate surface area is 236 Å². The van der Waals surface area contributed by atoms with Crippen LogP contribution in [0.3, 0.4) is 0 Å². The van der Waals surface area contributed by atoms with Gasteiger partial charge in [0.15, 0.2) is 0 Å². The molecule has 0 bridgehead atoms. The first-order valence-electron chi connectivity index (χ1n) is 13.8. The lowest BCUT2D eigenvalue weighted by Gasteiger charge is -2.23. The van der Waals surface area contributed by atoms with Crippen LogP contribution in [0.5, 0.6) is 0 Å². The van der Waals surface area contributed by atoms with Gasteiger partial charge in [-0.3, -0.25) is 0 Å². The van der Waals surface area contributed by atoms with E-state index in [0.29, 0.717) is 0 Å². The van der Waals surface area contributed by atoms with Gasteiger partial charge in [0.2, 0.25) is 0 Å². The lowest BCUT2D eigenvalue weighted by Crippen LogP contribution is -2.14. The largest absolute Gasteiger partial charge is 0.345 e. The molecule has 7 rings (SSSR count). The van der Waals surface area contributed by atoms with Crippen molar-refractivity contribution < 1.29 is 0 Å². The summed E-state index contributed by atoms with van der Waals surface area (Å²) in [6, 6.07) is 47.6. The average molecular weight is 515 g/mol. The average Bonchev–Trinajstić information content (AvgIpc) is 3.17. The van der Waals surface area contributed by atoms with Crippen LogP contribution >= 0.6 is 0 Å². The standard InChI is InChI=1S/C38H30N2/c1-39(30-15-7-3-8-16-30)31-22-24-35-36-27-29(34-20-12-11-19-33(34)28-13-5-2-6-14-28)21-25-38(36)40(37(35)26-23-31)32-17-9-4-10-18-32/h2-27,35H,1H3. The number of para-hydroxylation sites is 2. The van der Waals surface area contributed by atoms with E-state index in [1.54, 1.807) is 0 Å². The summed E-state index contributed by atoms with van der Waals surface area (Å²) in [4.78, 5) is 4.66. The smallest absolute Gasteiger partial charge is 0.0501 e. The number of anilines is 3. The van der Waals surface area contributed by atoms with Crippen LogP contribution in [-0.4, -0.2) is 7.05 Å². The van der Waals surface area contributed by atoms with Crippen molar-refractivity contribution in [2.45, 2.75) is 5.92 Å². The van der Waals surface area contributed by atoms with Crippen LogP contribution in [0.25, 0.3) is 22.3 Å². The van der Waals surface area contributed by atoms with Gasteiger partial charge in [0, 0.05) is 35.7 Å². The van der Waals surface area contributed by atoms with E-state index in [0.717, 1.165) is 5.70 Å². The van der Waals surface area contributed by atoms with Crippen molar-refractivity contribution in [3.8, 4) is 22.3 Å². The van der Waals surface area contributed by atoms with Crippen LogP contribution in [0.1, 0.15) is 11.5 Å². The summed E-state index contributed by atoms with van der Waals surface area (Å²) in [6.45, 7) is 0. The van der Waals surface area contributed by atoms with Crippen molar-refractivity contribution >= 4 is 17.1 Å². The molecule has 1 unspecified atom stereocenters. The van der Waals surface area contributed by atoms with Crippen LogP contribution in [0.4, 0.5) is 17.1 Å². The van der Waals surface area contributed by atoms with Gasteiger partial charge >= 0.3 is 0 Å². The van der Waals surface area contributed by atoms with Gasteiger partial charge in [-0.05, 0) is 82.4 Å². The molecule has 0 aromatic heterocycles. The predicted octanol–water partition coefficient (Wildman–Crippen LogP) is 9.73. The van der Waals surface area contributed by atoms with Crippen molar-refractivity contribution in [2.75, 3.05) is 16.8 Å². The number of likely N-dealkylation sites (N-methyl/N-ethyl adjacent to an activating group) is 1. The van der Waals surface area contributed by atoms with E-state index in [1.165, 1.54) is 50.6 Å². The van der Waals surface area contributed by atoms with Crippen LogP contribution in [0, 0.1) is 0 Å². The van der Waals surface area contributed by atoms with Gasteiger partial charge in [-0.25, -0.2) is 0 Å². The summed E-state index contributed by atoms with van der Waals surface area (Å²) < 4.78 is 0. The second-order valence-corrected chi connectivity index (χ2v) is 10.3. The second-order valence-electron chi connectivity index (χ2n) is 10.3. The Balaban J connectivity index is 1.35. The third-order valence-corrected chi connectivity index (χ3v) is 7.93. The molecule has 2 heteroatoms. The minimum Gasteiger partial charge on any atom is -0.345 e. The fourth-order valence-corrected chi connectivity index (χ4v) is 5.91. The highest BCUT2D eigenvalue weighted by Crippen LogP contribution is 2.50. The summed E-state index contributed by atoms with van der Waals surface area (Å²) in [5.74, 6) is 0.150. The Kier molecular flexibility index (Phi) is 6.14. The minimum atomic E-state index is 0.150. The molecule has 2 aliphatic rings. The molecule has 1 atom stereocenters. The molecule has 0 fully saturated rings. The van der Waals surface area contributed by atoms with Crippen LogP contribution < -0.4 is 9.80 Å². The predicted molar refractivity (Wildman–Crippen MR) is 169 cm³/mol. The molecule has 1 heterocycles. The van der Waals surface area contributed by atoms with Crippen LogP contribution in [-0.2, 0) is 0 Å². The van der Waals surface area contributed by atoms with E-state index in [4.69, 9.17) is 0 Å². The molecule has 0 amide bonds. The SMILES string of the molecule is CN(C1=CC=C2C(C=C1)c1cc(-c3ccccc3-c3ccccc3)ccc1N2c1ccccc1)c1ccccc1. The van der Waals surface area contributed by atoms with E-state index in [1.807, 2.05) is 0 Å². The molecule has 0 radical (unpaired) electrons. The Morgan fingerprint density at radius 1 is 0.600 bits per heavy atom. The molecular weight excluding hydrogens is 484 g/mol. The quantitative estimate of drug-likeness (QED) is 0.230. The third kappa shape index (κ3) is 4.24. The fraction of sp³-hybridized carbons (Fsp3) is 0.0526. The number of benzene rings is 5. The molecular formula is C38H30N2. The maximum atomic E-state index is 2.42.